The second kappa shape index (κ2) is 9.44. The number of halogens is 1. The third-order valence-corrected chi connectivity index (χ3v) is 6.16. The lowest BCUT2D eigenvalue weighted by atomic mass is 10.0. The Bertz CT molecular complexity index is 1270. The molecule has 1 aliphatic rings. The number of hydrogen-bond acceptors (Lipinski definition) is 4. The van der Waals surface area contributed by atoms with E-state index in [1.54, 1.807) is 12.4 Å². The topological polar surface area (TPSA) is 55.2 Å². The van der Waals surface area contributed by atoms with Crippen LogP contribution < -0.4 is 15.0 Å². The highest BCUT2D eigenvalue weighted by Crippen LogP contribution is 2.42. The Kier molecular flexibility index (Phi) is 6.22. The molecule has 6 nitrogen and oxygen atoms in total. The first-order chi connectivity index (χ1) is 16.5. The summed E-state index contributed by atoms with van der Waals surface area (Å²) in [5, 5.41) is 4.73. The number of ether oxygens (including phenoxy) is 1. The van der Waals surface area contributed by atoms with Crippen molar-refractivity contribution in [2.75, 3.05) is 4.90 Å². The van der Waals surface area contributed by atoms with Crippen molar-refractivity contribution in [3.8, 4) is 11.6 Å². The number of rotatable bonds is 6. The molecule has 0 radical (unpaired) electrons. The summed E-state index contributed by atoms with van der Waals surface area (Å²) in [4.78, 5) is 11.3. The van der Waals surface area contributed by atoms with Crippen LogP contribution in [0, 0.1) is 0 Å². The lowest BCUT2D eigenvalue weighted by Crippen LogP contribution is -2.30. The molecule has 0 amide bonds. The van der Waals surface area contributed by atoms with E-state index < -0.39 is 0 Å². The molecule has 0 saturated carbocycles. The minimum atomic E-state index is -0.160. The third kappa shape index (κ3) is 4.36. The number of pyridine rings is 2. The van der Waals surface area contributed by atoms with Crippen LogP contribution in [0.3, 0.4) is 0 Å². The lowest BCUT2D eigenvalue weighted by molar-refractivity contribution is 0.242. The molecule has 172 valence electrons. The summed E-state index contributed by atoms with van der Waals surface area (Å²) >= 11 is 11.9. The van der Waals surface area contributed by atoms with Crippen LogP contribution in [0.5, 0.6) is 5.75 Å². The zero-order valence-electron chi connectivity index (χ0n) is 18.8. The van der Waals surface area contributed by atoms with Gasteiger partial charge < -0.3 is 19.5 Å². The largest absolute Gasteiger partial charge is 0.491 e. The smallest absolute Gasteiger partial charge is 0.174 e. The Balaban J connectivity index is 1.60. The first-order valence-corrected chi connectivity index (χ1v) is 11.9. The van der Waals surface area contributed by atoms with Crippen molar-refractivity contribution in [3.05, 3.63) is 102 Å². The van der Waals surface area contributed by atoms with Crippen molar-refractivity contribution in [2.24, 2.45) is 0 Å². The van der Waals surface area contributed by atoms with Crippen LogP contribution in [0.4, 0.5) is 5.69 Å². The molecule has 0 spiro atoms. The number of nitrogens with zero attached hydrogens (tertiary/aromatic N) is 4. The molecule has 1 fully saturated rings. The standard InChI is InChI=1S/C26H24ClN5OS/c1-17(2)33-20-11-9-19(10-12-20)32-25(24(30-26(32)34)21-6-3-4-14-28-21)22-7-5-15-31(22)23-13-8-18(27)16-29-23/h3-17,24-25H,1-2H3,(H,30,34)/t24-,25-/m0/s1. The number of anilines is 1. The summed E-state index contributed by atoms with van der Waals surface area (Å²) in [6.07, 6.45) is 5.56. The average molecular weight is 490 g/mol. The summed E-state index contributed by atoms with van der Waals surface area (Å²) in [7, 11) is 0. The van der Waals surface area contributed by atoms with Gasteiger partial charge in [-0.1, -0.05) is 17.7 Å². The van der Waals surface area contributed by atoms with E-state index in [1.807, 2.05) is 80.7 Å². The van der Waals surface area contributed by atoms with E-state index in [4.69, 9.17) is 28.6 Å². The van der Waals surface area contributed by atoms with Crippen LogP contribution in [-0.2, 0) is 0 Å². The molecular formula is C26H24ClN5OS. The van der Waals surface area contributed by atoms with E-state index >= 15 is 0 Å². The maximum absolute atomic E-state index is 6.08. The maximum Gasteiger partial charge on any atom is 0.174 e. The molecular weight excluding hydrogens is 466 g/mol. The van der Waals surface area contributed by atoms with E-state index in [-0.39, 0.29) is 18.2 Å². The second-order valence-corrected chi connectivity index (χ2v) is 9.12. The molecule has 4 heterocycles. The van der Waals surface area contributed by atoms with Crippen molar-refractivity contribution in [3.63, 3.8) is 0 Å². The zero-order valence-corrected chi connectivity index (χ0v) is 20.4. The predicted octanol–water partition coefficient (Wildman–Crippen LogP) is 5.89. The Labute approximate surface area is 209 Å². The first kappa shape index (κ1) is 22.4. The molecule has 1 aliphatic heterocycles. The van der Waals surface area contributed by atoms with Crippen LogP contribution in [0.1, 0.15) is 37.3 Å². The normalized spacial score (nSPS) is 17.8. The minimum Gasteiger partial charge on any atom is -0.491 e. The van der Waals surface area contributed by atoms with Gasteiger partial charge in [-0.15, -0.1) is 0 Å². The SMILES string of the molecule is CC(C)Oc1ccc(N2C(=S)N[C@@H](c3ccccn3)[C@@H]2c2cccn2-c2ccc(Cl)cn2)cc1. The van der Waals surface area contributed by atoms with Gasteiger partial charge in [0.2, 0.25) is 0 Å². The minimum absolute atomic E-state index is 0.108. The fraction of sp³-hybridized carbons (Fsp3) is 0.192. The number of aromatic nitrogens is 3. The van der Waals surface area contributed by atoms with Gasteiger partial charge in [-0.3, -0.25) is 4.98 Å². The van der Waals surface area contributed by atoms with Gasteiger partial charge in [0.15, 0.2) is 5.11 Å². The maximum atomic E-state index is 6.08. The van der Waals surface area contributed by atoms with Crippen molar-refractivity contribution in [1.29, 1.82) is 0 Å². The van der Waals surface area contributed by atoms with Crippen molar-refractivity contribution in [2.45, 2.75) is 32.0 Å². The van der Waals surface area contributed by atoms with Gasteiger partial charge in [-0.25, -0.2) is 4.98 Å². The average Bonchev–Trinajstić information content (AvgIpc) is 3.45. The highest BCUT2D eigenvalue weighted by Gasteiger charge is 2.42. The molecule has 0 unspecified atom stereocenters. The summed E-state index contributed by atoms with van der Waals surface area (Å²) in [5.41, 5.74) is 2.91. The van der Waals surface area contributed by atoms with Gasteiger partial charge in [0, 0.05) is 30.0 Å². The van der Waals surface area contributed by atoms with E-state index in [0.717, 1.165) is 28.6 Å². The summed E-state index contributed by atoms with van der Waals surface area (Å²) in [5.74, 6) is 1.60. The van der Waals surface area contributed by atoms with Gasteiger partial charge >= 0.3 is 0 Å². The molecule has 8 heteroatoms. The van der Waals surface area contributed by atoms with Gasteiger partial charge in [0.1, 0.15) is 17.6 Å². The van der Waals surface area contributed by atoms with Crippen LogP contribution in [0.15, 0.2) is 85.3 Å². The molecule has 1 N–H and O–H groups in total. The highest BCUT2D eigenvalue weighted by atomic mass is 35.5. The Hall–Kier alpha value is -3.42. The van der Waals surface area contributed by atoms with Gasteiger partial charge in [0.05, 0.1) is 22.9 Å². The lowest BCUT2D eigenvalue weighted by Gasteiger charge is -2.29. The van der Waals surface area contributed by atoms with Crippen LogP contribution in [-0.4, -0.2) is 25.8 Å². The van der Waals surface area contributed by atoms with Gasteiger partial charge in [-0.05, 0) is 86.7 Å². The number of hydrogen-bond donors (Lipinski definition) is 1. The second-order valence-electron chi connectivity index (χ2n) is 8.29. The molecule has 0 aliphatic carbocycles. The number of thiocarbonyl (C=S) groups is 1. The van der Waals surface area contributed by atoms with Crippen LogP contribution in [0.25, 0.3) is 5.82 Å². The van der Waals surface area contributed by atoms with Crippen molar-refractivity contribution < 1.29 is 4.74 Å². The monoisotopic (exact) mass is 489 g/mol. The predicted molar refractivity (Wildman–Crippen MR) is 139 cm³/mol. The van der Waals surface area contributed by atoms with Crippen LogP contribution >= 0.6 is 23.8 Å². The molecule has 3 aromatic heterocycles. The van der Waals surface area contributed by atoms with Crippen molar-refractivity contribution in [1.82, 2.24) is 19.9 Å². The Morgan fingerprint density at radius 3 is 2.50 bits per heavy atom. The molecule has 2 atom stereocenters. The van der Waals surface area contributed by atoms with Gasteiger partial charge in [0.25, 0.3) is 0 Å². The molecule has 4 aromatic rings. The van der Waals surface area contributed by atoms with E-state index in [0.29, 0.717) is 10.1 Å². The third-order valence-electron chi connectivity index (χ3n) is 5.63. The molecule has 1 saturated heterocycles. The zero-order chi connectivity index (χ0) is 23.7. The number of nitrogens with one attached hydrogen (secondary N) is 1. The number of benzene rings is 1. The fourth-order valence-electron chi connectivity index (χ4n) is 4.25. The van der Waals surface area contributed by atoms with Crippen LogP contribution in [0.2, 0.25) is 5.02 Å². The Morgan fingerprint density at radius 2 is 1.82 bits per heavy atom. The quantitative estimate of drug-likeness (QED) is 0.341. The Morgan fingerprint density at radius 1 is 1.00 bits per heavy atom. The van der Waals surface area contributed by atoms with E-state index in [2.05, 4.69) is 30.8 Å². The molecule has 0 bridgehead atoms. The summed E-state index contributed by atoms with van der Waals surface area (Å²) in [6, 6.07) is 21.5. The van der Waals surface area contributed by atoms with E-state index in [9.17, 15) is 0 Å². The molecule has 1 aromatic carbocycles. The fourth-order valence-corrected chi connectivity index (χ4v) is 4.70. The highest BCUT2D eigenvalue weighted by molar-refractivity contribution is 7.80. The first-order valence-electron chi connectivity index (χ1n) is 11.1. The van der Waals surface area contributed by atoms with E-state index in [1.165, 1.54) is 0 Å². The molecule has 5 rings (SSSR count). The summed E-state index contributed by atoms with van der Waals surface area (Å²) in [6.45, 7) is 4.03. The van der Waals surface area contributed by atoms with Gasteiger partial charge in [-0.2, -0.15) is 0 Å². The molecule has 34 heavy (non-hydrogen) atoms. The van der Waals surface area contributed by atoms with Crippen molar-refractivity contribution >= 4 is 34.6 Å². The summed E-state index contributed by atoms with van der Waals surface area (Å²) < 4.78 is 7.90.